The number of nitro groups is 1. The van der Waals surface area contributed by atoms with E-state index in [-0.39, 0.29) is 29.4 Å². The van der Waals surface area contributed by atoms with E-state index < -0.39 is 20.9 Å². The van der Waals surface area contributed by atoms with Crippen molar-refractivity contribution in [2.75, 3.05) is 31.9 Å². The molecule has 3 rings (SSSR count). The summed E-state index contributed by atoms with van der Waals surface area (Å²) in [7, 11) is -0.602. The topological polar surface area (TPSA) is 119 Å². The van der Waals surface area contributed by atoms with E-state index >= 15 is 0 Å². The molecule has 0 radical (unpaired) electrons. The summed E-state index contributed by atoms with van der Waals surface area (Å²) in [6.07, 6.45) is 0.0204. The van der Waals surface area contributed by atoms with Crippen molar-refractivity contribution in [3.63, 3.8) is 0 Å². The minimum Gasteiger partial charge on any atom is -0.496 e. The molecular weight excluding hydrogens is 388 g/mol. The van der Waals surface area contributed by atoms with Gasteiger partial charge in [-0.15, -0.1) is 0 Å². The van der Waals surface area contributed by atoms with Gasteiger partial charge in [-0.25, -0.2) is 8.42 Å². The molecule has 1 aliphatic rings. The third kappa shape index (κ3) is 3.48. The maximum atomic E-state index is 11.8. The van der Waals surface area contributed by atoms with E-state index in [4.69, 9.17) is 9.47 Å². The molecule has 0 aliphatic carbocycles. The van der Waals surface area contributed by atoms with Gasteiger partial charge >= 0.3 is 0 Å². The van der Waals surface area contributed by atoms with Gasteiger partial charge in [-0.2, -0.15) is 0 Å². The summed E-state index contributed by atoms with van der Waals surface area (Å²) in [6.45, 7) is 0.307. The molecule has 0 bridgehead atoms. The molecule has 1 atom stereocenters. The van der Waals surface area contributed by atoms with Crippen LogP contribution in [0.25, 0.3) is 0 Å². The van der Waals surface area contributed by atoms with E-state index in [1.807, 2.05) is 0 Å². The predicted octanol–water partition coefficient (Wildman–Crippen LogP) is 2.07. The monoisotopic (exact) mass is 408 g/mol. The van der Waals surface area contributed by atoms with Crippen LogP contribution in [-0.2, 0) is 16.4 Å². The molecule has 28 heavy (non-hydrogen) atoms. The number of β-amino-alcohol motifs (C(OH)–C–C–N with tert-alkyl or cyclic N) is 1. The van der Waals surface area contributed by atoms with Crippen LogP contribution >= 0.6 is 0 Å². The minimum atomic E-state index is -3.59. The first kappa shape index (κ1) is 19.9. The van der Waals surface area contributed by atoms with Crippen molar-refractivity contribution < 1.29 is 27.9 Å². The van der Waals surface area contributed by atoms with Crippen LogP contribution in [0.1, 0.15) is 17.2 Å². The highest BCUT2D eigenvalue weighted by Gasteiger charge is 2.33. The third-order valence-corrected chi connectivity index (χ3v) is 5.81. The van der Waals surface area contributed by atoms with Gasteiger partial charge in [-0.3, -0.25) is 10.1 Å². The Morgan fingerprint density at radius 2 is 1.82 bits per heavy atom. The van der Waals surface area contributed by atoms with Gasteiger partial charge in [0, 0.05) is 36.5 Å². The van der Waals surface area contributed by atoms with Gasteiger partial charge in [0.05, 0.1) is 24.0 Å². The molecule has 1 N–H and O–H groups in total. The lowest BCUT2D eigenvalue weighted by Crippen LogP contribution is -2.34. The second-order valence-electron chi connectivity index (χ2n) is 6.44. The average Bonchev–Trinajstić information content (AvgIpc) is 2.65. The summed E-state index contributed by atoms with van der Waals surface area (Å²) >= 11 is 0. The lowest BCUT2D eigenvalue weighted by atomic mass is 9.94. The molecule has 150 valence electrons. The van der Waals surface area contributed by atoms with Crippen molar-refractivity contribution in [1.82, 2.24) is 0 Å². The zero-order valence-electron chi connectivity index (χ0n) is 15.6. The van der Waals surface area contributed by atoms with Crippen molar-refractivity contribution >= 4 is 21.2 Å². The molecule has 0 fully saturated rings. The molecule has 0 saturated heterocycles. The first-order valence-electron chi connectivity index (χ1n) is 8.32. The smallest absolute Gasteiger partial charge is 0.293 e. The number of nitrogens with zero attached hydrogens (tertiary/aromatic N) is 2. The van der Waals surface area contributed by atoms with Crippen molar-refractivity contribution in [3.05, 3.63) is 51.6 Å². The number of hydrogen-bond acceptors (Lipinski definition) is 8. The molecule has 9 nitrogen and oxygen atoms in total. The molecule has 2 aromatic rings. The van der Waals surface area contributed by atoms with Crippen molar-refractivity contribution in [1.29, 1.82) is 0 Å². The van der Waals surface area contributed by atoms with Crippen LogP contribution in [0.3, 0.4) is 0 Å². The van der Waals surface area contributed by atoms with Crippen LogP contribution in [0.2, 0.25) is 0 Å². The van der Waals surface area contributed by atoms with Crippen molar-refractivity contribution in [2.45, 2.75) is 17.5 Å². The summed E-state index contributed by atoms with van der Waals surface area (Å²) in [5, 5.41) is 22.3. The minimum absolute atomic E-state index is 0.0790. The number of aliphatic hydroxyl groups is 1. The Bertz CT molecular complexity index is 1040. The maximum absolute atomic E-state index is 11.8. The number of aliphatic hydroxyl groups excluding tert-OH is 1. The highest BCUT2D eigenvalue weighted by molar-refractivity contribution is 7.90. The SMILES string of the molecule is COc1ccc(OC)c2c1CN(c1ccc(S(C)(=O)=O)cc1[N+](=O)[O-])C[C@H]2O. The van der Waals surface area contributed by atoms with Crippen LogP contribution in [0, 0.1) is 10.1 Å². The van der Waals surface area contributed by atoms with Gasteiger partial charge in [-0.05, 0) is 24.3 Å². The fourth-order valence-electron chi connectivity index (χ4n) is 3.41. The van der Waals surface area contributed by atoms with E-state index in [9.17, 15) is 23.6 Å². The van der Waals surface area contributed by atoms with Crippen molar-refractivity contribution in [3.8, 4) is 11.5 Å². The number of methoxy groups -OCH3 is 2. The summed E-state index contributed by atoms with van der Waals surface area (Å²) in [6, 6.07) is 7.14. The fourth-order valence-corrected chi connectivity index (χ4v) is 4.05. The van der Waals surface area contributed by atoms with E-state index in [1.165, 1.54) is 26.4 Å². The van der Waals surface area contributed by atoms with Crippen molar-refractivity contribution in [2.24, 2.45) is 0 Å². The van der Waals surface area contributed by atoms with Crippen LogP contribution in [-0.4, -0.2) is 45.5 Å². The van der Waals surface area contributed by atoms with Crippen LogP contribution < -0.4 is 14.4 Å². The number of anilines is 1. The molecule has 0 unspecified atom stereocenters. The summed E-state index contributed by atoms with van der Waals surface area (Å²) in [5.74, 6) is 1.03. The molecule has 0 saturated carbocycles. The Morgan fingerprint density at radius 1 is 1.18 bits per heavy atom. The van der Waals surface area contributed by atoms with Gasteiger partial charge in [0.2, 0.25) is 0 Å². The van der Waals surface area contributed by atoms with Gasteiger partial charge in [0.15, 0.2) is 9.84 Å². The molecule has 0 aromatic heterocycles. The van der Waals surface area contributed by atoms with Crippen LogP contribution in [0.5, 0.6) is 11.5 Å². The molecule has 0 spiro atoms. The number of benzene rings is 2. The predicted molar refractivity (Wildman–Crippen MR) is 102 cm³/mol. The Balaban J connectivity index is 2.12. The highest BCUT2D eigenvalue weighted by Crippen LogP contribution is 2.42. The van der Waals surface area contributed by atoms with E-state index in [0.29, 0.717) is 22.6 Å². The maximum Gasteiger partial charge on any atom is 0.293 e. The molecule has 1 aliphatic heterocycles. The highest BCUT2D eigenvalue weighted by atomic mass is 32.2. The van der Waals surface area contributed by atoms with E-state index in [2.05, 4.69) is 0 Å². The largest absolute Gasteiger partial charge is 0.496 e. The molecule has 10 heteroatoms. The number of nitro benzene ring substituents is 1. The number of hydrogen-bond donors (Lipinski definition) is 1. The number of sulfone groups is 1. The Kier molecular flexibility index (Phi) is 5.18. The zero-order valence-corrected chi connectivity index (χ0v) is 16.4. The number of ether oxygens (including phenoxy) is 2. The van der Waals surface area contributed by atoms with Gasteiger partial charge in [0.25, 0.3) is 5.69 Å². The lowest BCUT2D eigenvalue weighted by Gasteiger charge is -2.35. The Labute approximate surface area is 162 Å². The summed E-state index contributed by atoms with van der Waals surface area (Å²) in [4.78, 5) is 12.4. The van der Waals surface area contributed by atoms with Gasteiger partial charge in [-0.1, -0.05) is 0 Å². The first-order valence-corrected chi connectivity index (χ1v) is 10.2. The number of rotatable bonds is 5. The third-order valence-electron chi connectivity index (χ3n) is 4.70. The summed E-state index contributed by atoms with van der Waals surface area (Å²) in [5.41, 5.74) is 1.10. The number of fused-ring (bicyclic) bond motifs is 1. The quantitative estimate of drug-likeness (QED) is 0.590. The average molecular weight is 408 g/mol. The molecule has 1 heterocycles. The van der Waals surface area contributed by atoms with Crippen LogP contribution in [0.15, 0.2) is 35.2 Å². The normalized spacial score (nSPS) is 16.4. The Hall–Kier alpha value is -2.85. The van der Waals surface area contributed by atoms with Gasteiger partial charge in [0.1, 0.15) is 23.3 Å². The standard InChI is InChI=1S/C18H20N2O7S/c1-26-16-6-7-17(27-2)18-12(16)9-19(10-15(18)21)13-5-4-11(28(3,24)25)8-14(13)20(22)23/h4-8,15,21H,9-10H2,1-3H3/t15-/m1/s1. The lowest BCUT2D eigenvalue weighted by molar-refractivity contribution is -0.384. The molecule has 0 amide bonds. The van der Waals surface area contributed by atoms with Gasteiger partial charge < -0.3 is 19.5 Å². The van der Waals surface area contributed by atoms with Crippen LogP contribution in [0.4, 0.5) is 11.4 Å². The second kappa shape index (κ2) is 7.28. The van der Waals surface area contributed by atoms with E-state index in [1.54, 1.807) is 17.0 Å². The summed E-state index contributed by atoms with van der Waals surface area (Å²) < 4.78 is 34.2. The zero-order chi connectivity index (χ0) is 20.6. The Morgan fingerprint density at radius 3 is 2.39 bits per heavy atom. The second-order valence-corrected chi connectivity index (χ2v) is 8.45. The molecular formula is C18H20N2O7S. The first-order chi connectivity index (χ1) is 13.2. The van der Waals surface area contributed by atoms with E-state index in [0.717, 1.165) is 12.3 Å². The molecule has 2 aromatic carbocycles. The fraction of sp³-hybridized carbons (Fsp3) is 0.333.